The van der Waals surface area contributed by atoms with Crippen molar-refractivity contribution in [1.29, 1.82) is 0 Å². The standard InChI is InChI=1S/C17H15BrFNO4/c1-10-8-14(12(18)9-13(10)19)20-7-5-4-6-11(16(21)23-2)15(20)17(22)24-3/h4-9H,1-3H3. The molecule has 1 aromatic rings. The molecule has 0 spiro atoms. The zero-order valence-corrected chi connectivity index (χ0v) is 14.9. The maximum Gasteiger partial charge on any atom is 0.355 e. The van der Waals surface area contributed by atoms with E-state index >= 15 is 0 Å². The first-order valence-corrected chi connectivity index (χ1v) is 7.70. The summed E-state index contributed by atoms with van der Waals surface area (Å²) in [5.74, 6) is -1.80. The molecule has 0 radical (unpaired) electrons. The molecule has 1 aliphatic heterocycles. The van der Waals surface area contributed by atoms with Crippen LogP contribution in [0.25, 0.3) is 0 Å². The van der Waals surface area contributed by atoms with Gasteiger partial charge in [-0.25, -0.2) is 14.0 Å². The van der Waals surface area contributed by atoms with Gasteiger partial charge in [0.05, 0.1) is 25.5 Å². The lowest BCUT2D eigenvalue weighted by atomic mass is 10.1. The van der Waals surface area contributed by atoms with Crippen molar-refractivity contribution in [2.24, 2.45) is 0 Å². The Morgan fingerprint density at radius 3 is 2.42 bits per heavy atom. The van der Waals surface area contributed by atoms with Crippen LogP contribution in [-0.2, 0) is 19.1 Å². The van der Waals surface area contributed by atoms with E-state index in [-0.39, 0.29) is 17.1 Å². The molecule has 7 heteroatoms. The summed E-state index contributed by atoms with van der Waals surface area (Å²) in [4.78, 5) is 25.8. The van der Waals surface area contributed by atoms with Crippen molar-refractivity contribution < 1.29 is 23.5 Å². The van der Waals surface area contributed by atoms with E-state index < -0.39 is 11.9 Å². The van der Waals surface area contributed by atoms with E-state index in [1.807, 2.05) is 0 Å². The van der Waals surface area contributed by atoms with Crippen molar-refractivity contribution >= 4 is 33.6 Å². The van der Waals surface area contributed by atoms with Crippen LogP contribution in [-0.4, -0.2) is 26.2 Å². The minimum Gasteiger partial charge on any atom is -0.465 e. The summed E-state index contributed by atoms with van der Waals surface area (Å²) in [6, 6.07) is 2.86. The molecule has 2 rings (SSSR count). The number of methoxy groups -OCH3 is 2. The molecule has 1 aliphatic rings. The summed E-state index contributed by atoms with van der Waals surface area (Å²) >= 11 is 3.29. The van der Waals surface area contributed by atoms with Gasteiger partial charge < -0.3 is 14.4 Å². The molecular formula is C17H15BrFNO4. The van der Waals surface area contributed by atoms with Crippen LogP contribution in [0.4, 0.5) is 10.1 Å². The second-order valence-corrected chi connectivity index (χ2v) is 5.72. The first-order chi connectivity index (χ1) is 11.4. The maximum absolute atomic E-state index is 13.7. The van der Waals surface area contributed by atoms with Crippen LogP contribution in [0.3, 0.4) is 0 Å². The van der Waals surface area contributed by atoms with Gasteiger partial charge in [-0.3, -0.25) is 0 Å². The van der Waals surface area contributed by atoms with Gasteiger partial charge >= 0.3 is 11.9 Å². The number of carbonyl (C=O) groups excluding carboxylic acids is 2. The molecule has 0 unspecified atom stereocenters. The van der Waals surface area contributed by atoms with E-state index in [0.29, 0.717) is 15.7 Å². The number of hydrogen-bond acceptors (Lipinski definition) is 5. The van der Waals surface area contributed by atoms with Crippen molar-refractivity contribution in [3.05, 3.63) is 63.7 Å². The highest BCUT2D eigenvalue weighted by molar-refractivity contribution is 9.10. The number of nitrogens with zero attached hydrogens (tertiary/aromatic N) is 1. The highest BCUT2D eigenvalue weighted by atomic mass is 79.9. The van der Waals surface area contributed by atoms with Crippen LogP contribution in [0.2, 0.25) is 0 Å². The van der Waals surface area contributed by atoms with Gasteiger partial charge in [0, 0.05) is 10.7 Å². The average Bonchev–Trinajstić information content (AvgIpc) is 2.79. The van der Waals surface area contributed by atoms with Crippen LogP contribution in [0, 0.1) is 12.7 Å². The largest absolute Gasteiger partial charge is 0.465 e. The van der Waals surface area contributed by atoms with E-state index in [9.17, 15) is 14.0 Å². The summed E-state index contributed by atoms with van der Waals surface area (Å²) in [6.45, 7) is 1.60. The van der Waals surface area contributed by atoms with E-state index in [0.717, 1.165) is 0 Å². The minimum absolute atomic E-state index is 0.0268. The zero-order valence-electron chi connectivity index (χ0n) is 13.3. The van der Waals surface area contributed by atoms with Crippen molar-refractivity contribution in [2.75, 3.05) is 19.1 Å². The van der Waals surface area contributed by atoms with Gasteiger partial charge in [-0.05, 0) is 52.7 Å². The molecule has 5 nitrogen and oxygen atoms in total. The third kappa shape index (κ3) is 3.41. The van der Waals surface area contributed by atoms with Gasteiger partial charge in [-0.1, -0.05) is 6.08 Å². The van der Waals surface area contributed by atoms with Crippen LogP contribution in [0.15, 0.2) is 52.3 Å². The Balaban J connectivity index is 2.72. The van der Waals surface area contributed by atoms with Crippen LogP contribution in [0.5, 0.6) is 0 Å². The lowest BCUT2D eigenvalue weighted by Gasteiger charge is -2.24. The second-order valence-electron chi connectivity index (χ2n) is 4.87. The summed E-state index contributed by atoms with van der Waals surface area (Å²) in [5.41, 5.74) is 0.877. The molecule has 0 saturated carbocycles. The quantitative estimate of drug-likeness (QED) is 0.734. The second kappa shape index (κ2) is 7.44. The number of benzene rings is 1. The predicted octanol–water partition coefficient (Wildman–Crippen LogP) is 3.39. The summed E-state index contributed by atoms with van der Waals surface area (Å²) in [7, 11) is 2.43. The maximum atomic E-state index is 13.7. The SMILES string of the molecule is COC(=O)C1=C(C(=O)OC)N(c2cc(C)c(F)cc2Br)C=CC=C1. The van der Waals surface area contributed by atoms with Gasteiger partial charge in [-0.2, -0.15) is 0 Å². The molecule has 0 N–H and O–H groups in total. The van der Waals surface area contributed by atoms with E-state index in [4.69, 9.17) is 9.47 Å². The third-order valence-electron chi connectivity index (χ3n) is 3.38. The van der Waals surface area contributed by atoms with Gasteiger partial charge in [0.1, 0.15) is 11.5 Å². The van der Waals surface area contributed by atoms with E-state index in [1.54, 1.807) is 31.3 Å². The number of halogens is 2. The zero-order chi connectivity index (χ0) is 17.9. The van der Waals surface area contributed by atoms with Crippen molar-refractivity contribution in [1.82, 2.24) is 0 Å². The number of aryl methyl sites for hydroxylation is 1. The highest BCUT2D eigenvalue weighted by Crippen LogP contribution is 2.34. The molecule has 0 aliphatic carbocycles. The fourth-order valence-corrected chi connectivity index (χ4v) is 2.68. The molecule has 0 atom stereocenters. The normalized spacial score (nSPS) is 13.8. The molecule has 0 amide bonds. The van der Waals surface area contributed by atoms with Gasteiger partial charge in [0.15, 0.2) is 0 Å². The minimum atomic E-state index is -0.722. The van der Waals surface area contributed by atoms with Crippen LogP contribution >= 0.6 is 15.9 Å². The van der Waals surface area contributed by atoms with Crippen molar-refractivity contribution in [3.63, 3.8) is 0 Å². The predicted molar refractivity (Wildman–Crippen MR) is 90.7 cm³/mol. The Hall–Kier alpha value is -2.41. The molecule has 24 heavy (non-hydrogen) atoms. The topological polar surface area (TPSA) is 55.8 Å². The first-order valence-electron chi connectivity index (χ1n) is 6.91. The number of anilines is 1. The number of allylic oxidation sites excluding steroid dienone is 2. The monoisotopic (exact) mass is 395 g/mol. The number of carbonyl (C=O) groups is 2. The van der Waals surface area contributed by atoms with E-state index in [2.05, 4.69) is 15.9 Å². The first kappa shape index (κ1) is 17.9. The van der Waals surface area contributed by atoms with Crippen molar-refractivity contribution in [3.8, 4) is 0 Å². The Labute approximate surface area is 147 Å². The molecule has 0 bridgehead atoms. The highest BCUT2D eigenvalue weighted by Gasteiger charge is 2.28. The molecule has 0 aromatic heterocycles. The fourth-order valence-electron chi connectivity index (χ4n) is 2.18. The smallest absolute Gasteiger partial charge is 0.355 e. The summed E-state index contributed by atoms with van der Waals surface area (Å²) in [5, 5.41) is 0. The number of rotatable bonds is 3. The number of hydrogen-bond donors (Lipinski definition) is 0. The van der Waals surface area contributed by atoms with Crippen LogP contribution < -0.4 is 4.90 Å². The molecule has 1 aromatic carbocycles. The molecule has 0 saturated heterocycles. The summed E-state index contributed by atoms with van der Waals surface area (Å²) in [6.07, 6.45) is 6.28. The lowest BCUT2D eigenvalue weighted by molar-refractivity contribution is -0.139. The molecule has 1 heterocycles. The fraction of sp³-hybridized carbons (Fsp3) is 0.176. The van der Waals surface area contributed by atoms with Gasteiger partial charge in [0.25, 0.3) is 0 Å². The Morgan fingerprint density at radius 2 is 1.79 bits per heavy atom. The van der Waals surface area contributed by atoms with Gasteiger partial charge in [0.2, 0.25) is 0 Å². The lowest BCUT2D eigenvalue weighted by Crippen LogP contribution is -2.27. The average molecular weight is 396 g/mol. The van der Waals surface area contributed by atoms with E-state index in [1.165, 1.54) is 31.3 Å². The molecular weight excluding hydrogens is 381 g/mol. The number of esters is 2. The number of ether oxygens (including phenoxy) is 2. The molecule has 0 fully saturated rings. The van der Waals surface area contributed by atoms with Crippen molar-refractivity contribution in [2.45, 2.75) is 6.92 Å². The Morgan fingerprint density at radius 1 is 1.12 bits per heavy atom. The molecule has 126 valence electrons. The Kier molecular flexibility index (Phi) is 5.56. The van der Waals surface area contributed by atoms with Gasteiger partial charge in [-0.15, -0.1) is 0 Å². The summed E-state index contributed by atoms with van der Waals surface area (Å²) < 4.78 is 23.7. The Bertz CT molecular complexity index is 783. The third-order valence-corrected chi connectivity index (χ3v) is 4.01. The van der Waals surface area contributed by atoms with Crippen LogP contribution in [0.1, 0.15) is 5.56 Å².